The molecule has 0 aliphatic carbocycles. The van der Waals surface area contributed by atoms with Crippen LogP contribution in [-0.2, 0) is 17.5 Å². The topological polar surface area (TPSA) is 96.6 Å². The molecule has 0 aliphatic rings. The minimum absolute atomic E-state index is 0.101. The average Bonchev–Trinajstić information content (AvgIpc) is 3.31. The lowest BCUT2D eigenvalue weighted by Gasteiger charge is -2.14. The first kappa shape index (κ1) is 24.2. The Kier molecular flexibility index (Phi) is 9.50. The molecular formula is C24H32N3O4P. The summed E-state index contributed by atoms with van der Waals surface area (Å²) in [6, 6.07) is 18.4. The number of nitrogens with one attached hydrogen (secondary N) is 1. The van der Waals surface area contributed by atoms with E-state index in [1.54, 1.807) is 10.9 Å². The fraction of sp³-hybridized carbons (Fsp3) is 0.375. The standard InChI is InChI=1S/C24H32N3O4P/c28-32(29,30)18-8-14-25-20-22-12-13-24(23(19-22)27-16-7-15-26-27)31-17-6-2-5-11-21-9-3-1-4-10-21/h1,3-4,7,9-10,12-13,15-16,19,25H,2,5-6,8,11,14,17-18,20H2,(H2,28,29,30). The first-order chi connectivity index (χ1) is 15.5. The van der Waals surface area contributed by atoms with E-state index in [2.05, 4.69) is 34.7 Å². The van der Waals surface area contributed by atoms with Crippen LogP contribution in [0.25, 0.3) is 5.69 Å². The smallest absolute Gasteiger partial charge is 0.325 e. The molecule has 0 fully saturated rings. The predicted molar refractivity (Wildman–Crippen MR) is 126 cm³/mol. The molecule has 172 valence electrons. The molecule has 0 radical (unpaired) electrons. The summed E-state index contributed by atoms with van der Waals surface area (Å²) in [7, 11) is -3.93. The summed E-state index contributed by atoms with van der Waals surface area (Å²) in [5.74, 6) is 0.794. The van der Waals surface area contributed by atoms with E-state index in [0.29, 0.717) is 26.1 Å². The second kappa shape index (κ2) is 12.6. The largest absolute Gasteiger partial charge is 0.491 e. The van der Waals surface area contributed by atoms with E-state index in [1.807, 2.05) is 36.5 Å². The fourth-order valence-electron chi connectivity index (χ4n) is 3.46. The summed E-state index contributed by atoms with van der Waals surface area (Å²) in [4.78, 5) is 17.9. The van der Waals surface area contributed by atoms with Crippen molar-refractivity contribution >= 4 is 7.60 Å². The third-order valence-electron chi connectivity index (χ3n) is 5.12. The molecule has 0 atom stereocenters. The molecular weight excluding hydrogens is 425 g/mol. The van der Waals surface area contributed by atoms with Crippen LogP contribution in [0.2, 0.25) is 0 Å². The van der Waals surface area contributed by atoms with E-state index in [-0.39, 0.29) is 6.16 Å². The Bertz CT molecular complexity index is 974. The van der Waals surface area contributed by atoms with E-state index < -0.39 is 7.60 Å². The molecule has 1 aromatic heterocycles. The number of hydrogen-bond acceptors (Lipinski definition) is 4. The minimum Gasteiger partial charge on any atom is -0.491 e. The summed E-state index contributed by atoms with van der Waals surface area (Å²) >= 11 is 0. The lowest BCUT2D eigenvalue weighted by Crippen LogP contribution is -2.16. The quantitative estimate of drug-likeness (QED) is 0.246. The van der Waals surface area contributed by atoms with Gasteiger partial charge in [-0.3, -0.25) is 4.57 Å². The fourth-order valence-corrected chi connectivity index (χ4v) is 4.03. The van der Waals surface area contributed by atoms with Gasteiger partial charge in [0, 0.05) is 18.9 Å². The highest BCUT2D eigenvalue weighted by Crippen LogP contribution is 2.34. The predicted octanol–water partition coefficient (Wildman–Crippen LogP) is 4.32. The van der Waals surface area contributed by atoms with Crippen molar-refractivity contribution in [2.24, 2.45) is 0 Å². The van der Waals surface area contributed by atoms with E-state index in [1.165, 1.54) is 5.56 Å². The van der Waals surface area contributed by atoms with Crippen LogP contribution >= 0.6 is 7.60 Å². The van der Waals surface area contributed by atoms with E-state index in [4.69, 9.17) is 14.5 Å². The highest BCUT2D eigenvalue weighted by Gasteiger charge is 2.12. The second-order valence-corrected chi connectivity index (χ2v) is 9.59. The van der Waals surface area contributed by atoms with Crippen LogP contribution in [0.15, 0.2) is 67.0 Å². The SMILES string of the molecule is O=P(O)(O)CCCNCc1ccc(OCCCCCc2ccccc2)c(-n2cccn2)c1. The lowest BCUT2D eigenvalue weighted by atomic mass is 10.1. The van der Waals surface area contributed by atoms with Crippen LogP contribution in [0.5, 0.6) is 5.75 Å². The van der Waals surface area contributed by atoms with Crippen LogP contribution in [0, 0.1) is 0 Å². The number of aromatic nitrogens is 2. The number of nitrogens with zero attached hydrogens (tertiary/aromatic N) is 2. The van der Waals surface area contributed by atoms with Gasteiger partial charge in [-0.15, -0.1) is 0 Å². The van der Waals surface area contributed by atoms with Gasteiger partial charge < -0.3 is 19.8 Å². The Morgan fingerprint density at radius 3 is 2.56 bits per heavy atom. The molecule has 0 unspecified atom stereocenters. The maximum absolute atomic E-state index is 10.9. The monoisotopic (exact) mass is 457 g/mol. The van der Waals surface area contributed by atoms with Gasteiger partial charge in [-0.1, -0.05) is 36.4 Å². The zero-order valence-electron chi connectivity index (χ0n) is 18.3. The number of unbranched alkanes of at least 4 members (excludes halogenated alkanes) is 2. The van der Waals surface area contributed by atoms with E-state index >= 15 is 0 Å². The van der Waals surface area contributed by atoms with Gasteiger partial charge in [0.15, 0.2) is 0 Å². The third kappa shape index (κ3) is 8.60. The zero-order valence-corrected chi connectivity index (χ0v) is 19.2. The van der Waals surface area contributed by atoms with Gasteiger partial charge in [0.2, 0.25) is 0 Å². The Hall–Kier alpha value is -2.44. The molecule has 0 saturated carbocycles. The molecule has 7 nitrogen and oxygen atoms in total. The molecule has 3 aromatic rings. The molecule has 0 amide bonds. The summed E-state index contributed by atoms with van der Waals surface area (Å²) in [6.07, 6.45) is 8.30. The lowest BCUT2D eigenvalue weighted by molar-refractivity contribution is 0.304. The van der Waals surface area contributed by atoms with Crippen LogP contribution in [0.1, 0.15) is 36.8 Å². The molecule has 3 rings (SSSR count). The van der Waals surface area contributed by atoms with Crippen molar-refractivity contribution in [1.82, 2.24) is 15.1 Å². The van der Waals surface area contributed by atoms with Gasteiger partial charge in [0.1, 0.15) is 11.4 Å². The first-order valence-electron chi connectivity index (χ1n) is 11.1. The van der Waals surface area contributed by atoms with Gasteiger partial charge in [0.25, 0.3) is 0 Å². The second-order valence-electron chi connectivity index (χ2n) is 7.82. The van der Waals surface area contributed by atoms with Crippen molar-refractivity contribution in [2.75, 3.05) is 19.3 Å². The average molecular weight is 458 g/mol. The van der Waals surface area contributed by atoms with Gasteiger partial charge in [0.05, 0.1) is 12.8 Å². The molecule has 1 heterocycles. The molecule has 32 heavy (non-hydrogen) atoms. The van der Waals surface area contributed by atoms with Crippen molar-refractivity contribution < 1.29 is 19.1 Å². The Morgan fingerprint density at radius 1 is 0.969 bits per heavy atom. The number of aryl methyl sites for hydroxylation is 1. The van der Waals surface area contributed by atoms with Crippen LogP contribution in [0.3, 0.4) is 0 Å². The van der Waals surface area contributed by atoms with E-state index in [0.717, 1.165) is 42.7 Å². The van der Waals surface area contributed by atoms with Gasteiger partial charge in [-0.25, -0.2) is 4.68 Å². The van der Waals surface area contributed by atoms with Gasteiger partial charge >= 0.3 is 7.60 Å². The molecule has 2 aromatic carbocycles. The molecule has 0 saturated heterocycles. The highest BCUT2D eigenvalue weighted by atomic mass is 31.2. The Balaban J connectivity index is 1.47. The summed E-state index contributed by atoms with van der Waals surface area (Å²) in [5.41, 5.74) is 3.32. The first-order valence-corrected chi connectivity index (χ1v) is 12.9. The normalized spacial score (nSPS) is 11.6. The zero-order chi connectivity index (χ0) is 22.7. The summed E-state index contributed by atoms with van der Waals surface area (Å²) in [6.45, 7) is 1.81. The van der Waals surface area contributed by atoms with E-state index in [9.17, 15) is 4.57 Å². The molecule has 8 heteroatoms. The maximum atomic E-state index is 10.9. The molecule has 0 bridgehead atoms. The summed E-state index contributed by atoms with van der Waals surface area (Å²) < 4.78 is 18.8. The van der Waals surface area contributed by atoms with Crippen molar-refractivity contribution in [2.45, 2.75) is 38.6 Å². The highest BCUT2D eigenvalue weighted by molar-refractivity contribution is 7.51. The number of benzene rings is 2. The number of rotatable bonds is 14. The van der Waals surface area contributed by atoms with Gasteiger partial charge in [-0.2, -0.15) is 5.10 Å². The van der Waals surface area contributed by atoms with Crippen molar-refractivity contribution in [1.29, 1.82) is 0 Å². The Morgan fingerprint density at radius 2 is 1.81 bits per heavy atom. The van der Waals surface area contributed by atoms with Crippen molar-refractivity contribution in [3.8, 4) is 11.4 Å². The number of hydrogen-bond donors (Lipinski definition) is 3. The summed E-state index contributed by atoms with van der Waals surface area (Å²) in [5, 5.41) is 7.58. The van der Waals surface area contributed by atoms with Gasteiger partial charge in [-0.05, 0) is 68.0 Å². The Labute approximate surface area is 189 Å². The van der Waals surface area contributed by atoms with Crippen LogP contribution in [0.4, 0.5) is 0 Å². The minimum atomic E-state index is -3.93. The molecule has 0 aliphatic heterocycles. The van der Waals surface area contributed by atoms with Crippen molar-refractivity contribution in [3.63, 3.8) is 0 Å². The third-order valence-corrected chi connectivity index (χ3v) is 6.02. The molecule has 0 spiro atoms. The van der Waals surface area contributed by atoms with Crippen LogP contribution in [-0.4, -0.2) is 38.9 Å². The number of ether oxygens (including phenoxy) is 1. The molecule has 3 N–H and O–H groups in total. The maximum Gasteiger partial charge on any atom is 0.325 e. The van der Waals surface area contributed by atoms with Crippen LogP contribution < -0.4 is 10.1 Å². The van der Waals surface area contributed by atoms with Crippen molar-refractivity contribution in [3.05, 3.63) is 78.1 Å².